The van der Waals surface area contributed by atoms with Gasteiger partial charge in [-0.05, 0) is 105 Å². The van der Waals surface area contributed by atoms with Crippen molar-refractivity contribution in [3.8, 4) is 33.6 Å². The summed E-state index contributed by atoms with van der Waals surface area (Å²) in [7, 11) is 0. The van der Waals surface area contributed by atoms with Gasteiger partial charge in [0, 0.05) is 47.5 Å². The molecule has 0 unspecified atom stereocenters. The van der Waals surface area contributed by atoms with Crippen LogP contribution in [-0.4, -0.2) is 21.6 Å². The molecule has 1 aliphatic heterocycles. The molecule has 0 aliphatic carbocycles. The van der Waals surface area contributed by atoms with Crippen LogP contribution in [0.1, 0.15) is 21.5 Å². The molecular weight excluding hydrogens is 1000 g/mol. The predicted octanol–water partition coefficient (Wildman–Crippen LogP) is 17.8. The Bertz CT molecular complexity index is 3820. The van der Waals surface area contributed by atoms with Crippen molar-refractivity contribution in [2.75, 3.05) is 5.32 Å². The lowest BCUT2D eigenvalue weighted by atomic mass is 9.87. The van der Waals surface area contributed by atoms with Crippen LogP contribution in [0.15, 0.2) is 257 Å². The Morgan fingerprint density at radius 2 is 0.972 bits per heavy atom. The van der Waals surface area contributed by atoms with Crippen LogP contribution in [0.25, 0.3) is 83.1 Å². The van der Waals surface area contributed by atoms with Gasteiger partial charge in [-0.25, -0.2) is 15.0 Å². The van der Waals surface area contributed by atoms with Crippen molar-refractivity contribution in [2.45, 2.75) is 0 Å². The van der Waals surface area contributed by atoms with Crippen LogP contribution in [-0.2, 0) is 0 Å². The number of amidine groups is 1. The van der Waals surface area contributed by atoms with E-state index in [4.69, 9.17) is 15.0 Å². The summed E-state index contributed by atoms with van der Waals surface area (Å²) in [4.78, 5) is 26.5. The molecule has 0 saturated carbocycles. The summed E-state index contributed by atoms with van der Waals surface area (Å²) in [5.74, 6) is 1.66. The number of hydrogen-bond donors (Lipinski definition) is 1. The summed E-state index contributed by atoms with van der Waals surface area (Å²) in [6.45, 7) is 0. The zero-order valence-electron chi connectivity index (χ0n) is 38.2. The minimum atomic E-state index is 0.0319. The van der Waals surface area contributed by atoms with E-state index < -0.39 is 0 Å². The van der Waals surface area contributed by atoms with E-state index in [0.29, 0.717) is 0 Å². The zero-order chi connectivity index (χ0) is 48.1. The molecule has 13 rings (SSSR count). The number of ketones is 1. The molecule has 5 nitrogen and oxygen atoms in total. The van der Waals surface area contributed by atoms with Gasteiger partial charge in [0.15, 0.2) is 11.6 Å². The molecule has 0 fully saturated rings. The smallest absolute Gasteiger partial charge is 0.185 e. The van der Waals surface area contributed by atoms with E-state index in [9.17, 15) is 4.79 Å². The Morgan fingerprint density at radius 3 is 1.58 bits per heavy atom. The van der Waals surface area contributed by atoms with E-state index in [-0.39, 0.29) is 5.78 Å². The molecule has 0 spiro atoms. The monoisotopic (exact) mass is 1040 g/mol. The highest BCUT2D eigenvalue weighted by molar-refractivity contribution is 9.10. The number of halogens is 2. The van der Waals surface area contributed by atoms with Crippen molar-refractivity contribution in [1.29, 1.82) is 0 Å². The molecule has 0 radical (unpaired) electrons. The normalized spacial score (nSPS) is 11.7. The Hall–Kier alpha value is -8.36. The standard InChI is InChI=1S/C32H19BrN2.C17H11BrN2.C15H12O/c33-23-13-7-12-22(18-23)32-34-28-16-14-24-26(20-8-3-1-4-9-20)19-27(21-10-5-2-6-11-21)25-15-17-29(35-32)31(28)30(24)25;18-13-7-1-6-12(10-13)17-19-14-8-2-4-11-5-3-9-15(20-17)16(11)14;16-15(14-9-5-2-6-10-14)12-11-13-7-3-1-4-8-13/h1-19H;1-10H,(H,19,20);1-12H/b;;12-11+. The number of aromatic nitrogens is 2. The van der Waals surface area contributed by atoms with Gasteiger partial charge in [-0.15, -0.1) is 0 Å². The van der Waals surface area contributed by atoms with Gasteiger partial charge in [0.05, 0.1) is 16.7 Å². The van der Waals surface area contributed by atoms with Crippen molar-refractivity contribution < 1.29 is 4.79 Å². The fraction of sp³-hybridized carbons (Fsp3) is 0. The van der Waals surface area contributed by atoms with Crippen LogP contribution in [0.4, 0.5) is 11.4 Å². The summed E-state index contributed by atoms with van der Waals surface area (Å²) in [6, 6.07) is 80.2. The maximum atomic E-state index is 11.7. The molecule has 2 heterocycles. The molecule has 1 aliphatic rings. The zero-order valence-corrected chi connectivity index (χ0v) is 41.3. The number of rotatable bonds is 7. The van der Waals surface area contributed by atoms with E-state index >= 15 is 0 Å². The quantitative estimate of drug-likeness (QED) is 0.0981. The number of anilines is 1. The van der Waals surface area contributed by atoms with Crippen molar-refractivity contribution in [1.82, 2.24) is 9.97 Å². The van der Waals surface area contributed by atoms with Gasteiger partial charge < -0.3 is 5.32 Å². The molecular formula is C64H42Br2N4O. The lowest BCUT2D eigenvalue weighted by Gasteiger charge is -2.19. The summed E-state index contributed by atoms with van der Waals surface area (Å²) in [6.07, 6.45) is 3.43. The van der Waals surface area contributed by atoms with Crippen LogP contribution >= 0.6 is 31.9 Å². The first kappa shape index (κ1) is 45.1. The van der Waals surface area contributed by atoms with E-state index in [1.54, 1.807) is 6.08 Å². The number of carbonyl (C=O) groups is 1. The van der Waals surface area contributed by atoms with E-state index in [1.807, 2.05) is 91.0 Å². The molecule has 0 amide bonds. The molecule has 7 heteroatoms. The maximum absolute atomic E-state index is 11.7. The first-order chi connectivity index (χ1) is 34.9. The second-order valence-corrected chi connectivity index (χ2v) is 18.9. The number of aliphatic imine (C=N–C) groups is 1. The molecule has 71 heavy (non-hydrogen) atoms. The average molecular weight is 1040 g/mol. The Morgan fingerprint density at radius 1 is 0.451 bits per heavy atom. The average Bonchev–Trinajstić information content (AvgIpc) is 3.43. The first-order valence-electron chi connectivity index (χ1n) is 23.3. The molecule has 338 valence electrons. The Labute approximate surface area is 428 Å². The fourth-order valence-corrected chi connectivity index (χ4v) is 9.92. The molecule has 1 aromatic heterocycles. The lowest BCUT2D eigenvalue weighted by molar-refractivity contribution is 0.104. The Kier molecular flexibility index (Phi) is 12.9. The molecule has 1 N–H and O–H groups in total. The SMILES string of the molecule is Brc1cccc(-c2nc3ccc4c(-c5ccccc5)cc(-c5ccccc5)c5ccc(n2)c3c45)c1.Brc1cccc(C2=Nc3cccc4cccc(c34)N2)c1.O=C(/C=C/c1ccccc1)c1ccccc1. The van der Waals surface area contributed by atoms with Crippen molar-refractivity contribution in [3.63, 3.8) is 0 Å². The summed E-state index contributed by atoms with van der Waals surface area (Å²) in [5, 5.41) is 10.6. The highest BCUT2D eigenvalue weighted by atomic mass is 79.9. The van der Waals surface area contributed by atoms with Gasteiger partial charge in [-0.2, -0.15) is 0 Å². The number of allylic oxidation sites excluding steroid dienone is 1. The Balaban J connectivity index is 0.000000128. The van der Waals surface area contributed by atoms with E-state index in [1.165, 1.54) is 49.2 Å². The van der Waals surface area contributed by atoms with Gasteiger partial charge in [0.25, 0.3) is 0 Å². The topological polar surface area (TPSA) is 67.2 Å². The van der Waals surface area contributed by atoms with Crippen LogP contribution in [0.3, 0.4) is 0 Å². The second-order valence-electron chi connectivity index (χ2n) is 17.0. The molecule has 12 aromatic rings. The van der Waals surface area contributed by atoms with Crippen molar-refractivity contribution in [3.05, 3.63) is 268 Å². The van der Waals surface area contributed by atoms with Crippen molar-refractivity contribution >= 4 is 104 Å². The van der Waals surface area contributed by atoms with Gasteiger partial charge in [0.2, 0.25) is 0 Å². The fourth-order valence-electron chi connectivity index (χ4n) is 9.12. The third kappa shape index (κ3) is 9.66. The number of benzene rings is 11. The minimum Gasteiger partial charge on any atom is -0.339 e. The van der Waals surface area contributed by atoms with Crippen molar-refractivity contribution in [2.24, 2.45) is 4.99 Å². The van der Waals surface area contributed by atoms with Crippen LogP contribution in [0.5, 0.6) is 0 Å². The number of carbonyl (C=O) groups excluding carboxylic acids is 1. The molecule has 11 aromatic carbocycles. The first-order valence-corrected chi connectivity index (χ1v) is 24.8. The lowest BCUT2D eigenvalue weighted by Crippen LogP contribution is -2.16. The summed E-state index contributed by atoms with van der Waals surface area (Å²) < 4.78 is 2.07. The van der Waals surface area contributed by atoms with E-state index in [2.05, 4.69) is 189 Å². The summed E-state index contributed by atoms with van der Waals surface area (Å²) >= 11 is 7.08. The highest BCUT2D eigenvalue weighted by Crippen LogP contribution is 2.44. The number of nitrogens with zero attached hydrogens (tertiary/aromatic N) is 3. The third-order valence-electron chi connectivity index (χ3n) is 12.4. The molecule has 0 bridgehead atoms. The minimum absolute atomic E-state index is 0.0319. The van der Waals surface area contributed by atoms with Gasteiger partial charge >= 0.3 is 0 Å². The van der Waals surface area contributed by atoms with Gasteiger partial charge in [0.1, 0.15) is 5.84 Å². The summed E-state index contributed by atoms with van der Waals surface area (Å²) in [5.41, 5.74) is 12.8. The second kappa shape index (κ2) is 20.3. The maximum Gasteiger partial charge on any atom is 0.185 e. The molecule has 0 saturated heterocycles. The van der Waals surface area contributed by atoms with Crippen LogP contribution < -0.4 is 5.32 Å². The largest absolute Gasteiger partial charge is 0.339 e. The van der Waals surface area contributed by atoms with Crippen LogP contribution in [0, 0.1) is 0 Å². The number of hydrogen-bond acceptors (Lipinski definition) is 5. The molecule has 0 atom stereocenters. The van der Waals surface area contributed by atoms with Gasteiger partial charge in [-0.1, -0.05) is 220 Å². The van der Waals surface area contributed by atoms with E-state index in [0.717, 1.165) is 70.7 Å². The van der Waals surface area contributed by atoms with Crippen LogP contribution in [0.2, 0.25) is 0 Å². The predicted molar refractivity (Wildman–Crippen MR) is 304 cm³/mol. The third-order valence-corrected chi connectivity index (χ3v) is 13.4. The highest BCUT2D eigenvalue weighted by Gasteiger charge is 2.19. The number of nitrogens with one attached hydrogen (secondary N) is 1. The van der Waals surface area contributed by atoms with Gasteiger partial charge in [-0.3, -0.25) is 4.79 Å².